The molecule has 9 fully saturated rings. The summed E-state index contributed by atoms with van der Waals surface area (Å²) in [6, 6.07) is 0. The molecule has 1 spiro atoms. The number of aliphatic hydroxyl groups is 3. The molecule has 0 aromatic heterocycles. The van der Waals surface area contributed by atoms with Crippen LogP contribution in [0.1, 0.15) is 112 Å². The van der Waals surface area contributed by atoms with E-state index in [4.69, 9.17) is 61.6 Å². The molecule has 73 heavy (non-hydrogen) atoms. The highest BCUT2D eigenvalue weighted by atomic mass is 16.7. The first-order chi connectivity index (χ1) is 35.3. The van der Waals surface area contributed by atoms with Crippen LogP contribution in [0.25, 0.3) is 0 Å². The third-order valence-electron chi connectivity index (χ3n) is 20.0. The van der Waals surface area contributed by atoms with Crippen molar-refractivity contribution in [1.29, 1.82) is 0 Å². The van der Waals surface area contributed by atoms with Gasteiger partial charge >= 0.3 is 0 Å². The topological polar surface area (TPSA) is 181 Å². The smallest absolute Gasteiger partial charge is 0.171 e. The fourth-order valence-electron chi connectivity index (χ4n) is 15.6. The van der Waals surface area contributed by atoms with Gasteiger partial charge in [-0.1, -0.05) is 76.3 Å². The lowest BCUT2D eigenvalue weighted by Crippen LogP contribution is -2.63. The van der Waals surface area contributed by atoms with Crippen molar-refractivity contribution >= 4 is 0 Å². The molecule has 16 nitrogen and oxygen atoms in total. The van der Waals surface area contributed by atoms with Crippen LogP contribution in [-0.4, -0.2) is 186 Å². The van der Waals surface area contributed by atoms with Crippen LogP contribution >= 0.6 is 0 Å². The molecule has 0 saturated carbocycles. The number of aliphatic hydroxyl groups excluding tert-OH is 3. The van der Waals surface area contributed by atoms with Gasteiger partial charge in [-0.25, -0.2) is 0 Å². The predicted molar refractivity (Wildman–Crippen MR) is 261 cm³/mol. The fourth-order valence-corrected chi connectivity index (χ4v) is 15.6. The van der Waals surface area contributed by atoms with Crippen molar-refractivity contribution in [3.63, 3.8) is 0 Å². The zero-order valence-electron chi connectivity index (χ0n) is 43.3. The standard InChI is InChI=1S/C57H82O16/c1-28-22-39-41(25-45-51(70-39)30(3)49(59)55-52(71-45)29(2)31(4)57(73-55)19-11-21-62-57)67-43-27-48-56(5,72-44(43)23-28)47(58)26-42-35(68-48)13-7-6-12-32-33(65-42)15-10-16-34-36(63-32)17-18-37-40(64-34)24-46-54(69-37)50(60)53-38(66-46)14-8-9-20-61-53/h6-10,15,17-18,28-55,58-60H,11-14,16,19-27H2,1-5H3/b7-6-,15-10-/t28-,29+,30+,31+,32-,33+,34-,35+,36+,37-,38+,39+,40+,41-,42-,43+,44-,45+,46-,47-,48-,49+,50-,51-,52-,53+,54-,55+,56+,57?/m1/s1. The molecule has 0 amide bonds. The van der Waals surface area contributed by atoms with Gasteiger partial charge in [-0.15, -0.1) is 0 Å². The zero-order chi connectivity index (χ0) is 49.9. The van der Waals surface area contributed by atoms with Crippen molar-refractivity contribution in [3.8, 4) is 0 Å². The Labute approximate surface area is 430 Å². The Kier molecular flexibility index (Phi) is 14.1. The molecule has 13 heterocycles. The van der Waals surface area contributed by atoms with Crippen LogP contribution in [0, 0.1) is 23.7 Å². The van der Waals surface area contributed by atoms with Gasteiger partial charge in [0.25, 0.3) is 0 Å². The average Bonchev–Trinajstić information content (AvgIpc) is 3.55. The van der Waals surface area contributed by atoms with E-state index in [1.807, 2.05) is 19.1 Å². The van der Waals surface area contributed by atoms with Crippen molar-refractivity contribution in [2.75, 3.05) is 13.2 Å². The molecular weight excluding hydrogens is 941 g/mol. The van der Waals surface area contributed by atoms with E-state index in [0.29, 0.717) is 64.6 Å². The van der Waals surface area contributed by atoms with Crippen LogP contribution in [0.3, 0.4) is 0 Å². The first-order valence-electron chi connectivity index (χ1n) is 28.5. The molecular formula is C57H82O16. The van der Waals surface area contributed by atoms with Gasteiger partial charge in [0.05, 0.1) is 117 Å². The molecule has 30 atom stereocenters. The number of hydrogen-bond acceptors (Lipinski definition) is 16. The highest BCUT2D eigenvalue weighted by Gasteiger charge is 2.62. The summed E-state index contributed by atoms with van der Waals surface area (Å²) < 4.78 is 89.0. The summed E-state index contributed by atoms with van der Waals surface area (Å²) in [6.45, 7) is 11.9. The van der Waals surface area contributed by atoms with E-state index in [1.165, 1.54) is 0 Å². The van der Waals surface area contributed by atoms with E-state index in [0.717, 1.165) is 25.7 Å². The Morgan fingerprint density at radius 2 is 1.08 bits per heavy atom. The van der Waals surface area contributed by atoms with Gasteiger partial charge in [0.1, 0.15) is 48.3 Å². The molecule has 0 radical (unpaired) electrons. The maximum Gasteiger partial charge on any atom is 0.171 e. The van der Waals surface area contributed by atoms with Gasteiger partial charge < -0.3 is 76.9 Å². The summed E-state index contributed by atoms with van der Waals surface area (Å²) in [6.07, 6.45) is 15.0. The first kappa shape index (κ1) is 50.8. The van der Waals surface area contributed by atoms with E-state index in [2.05, 4.69) is 64.2 Å². The van der Waals surface area contributed by atoms with Crippen molar-refractivity contribution in [1.82, 2.24) is 0 Å². The second kappa shape index (κ2) is 20.2. The summed E-state index contributed by atoms with van der Waals surface area (Å²) in [5.41, 5.74) is -0.998. The van der Waals surface area contributed by atoms with E-state index in [-0.39, 0.29) is 115 Å². The van der Waals surface area contributed by atoms with Gasteiger partial charge in [0.15, 0.2) is 5.79 Å². The van der Waals surface area contributed by atoms with Gasteiger partial charge in [0.2, 0.25) is 0 Å². The second-order valence-electron chi connectivity index (χ2n) is 24.6. The minimum absolute atomic E-state index is 0.103. The molecule has 13 rings (SSSR count). The molecule has 13 aliphatic heterocycles. The van der Waals surface area contributed by atoms with Crippen LogP contribution in [0.15, 0.2) is 48.6 Å². The maximum atomic E-state index is 12.4. The lowest BCUT2D eigenvalue weighted by molar-refractivity contribution is -0.339. The van der Waals surface area contributed by atoms with E-state index in [9.17, 15) is 15.3 Å². The molecule has 406 valence electrons. The number of hydrogen-bond donors (Lipinski definition) is 3. The molecule has 0 aliphatic carbocycles. The van der Waals surface area contributed by atoms with Gasteiger partial charge in [0, 0.05) is 43.9 Å². The third kappa shape index (κ3) is 9.16. The summed E-state index contributed by atoms with van der Waals surface area (Å²) >= 11 is 0. The molecule has 0 aromatic carbocycles. The fraction of sp³-hybridized carbons (Fsp3) is 0.860. The summed E-state index contributed by atoms with van der Waals surface area (Å²) in [5.74, 6) is -0.458. The van der Waals surface area contributed by atoms with Crippen LogP contribution in [-0.2, 0) is 61.6 Å². The number of ether oxygens (including phenoxy) is 13. The Balaban J connectivity index is 0.695. The molecule has 0 aromatic rings. The normalized spacial score (nSPS) is 58.5. The minimum Gasteiger partial charge on any atom is -0.390 e. The van der Waals surface area contributed by atoms with E-state index >= 15 is 0 Å². The molecule has 1 unspecified atom stereocenters. The maximum absolute atomic E-state index is 12.4. The summed E-state index contributed by atoms with van der Waals surface area (Å²) in [4.78, 5) is 0. The third-order valence-corrected chi connectivity index (χ3v) is 20.0. The number of rotatable bonds is 0. The van der Waals surface area contributed by atoms with Crippen LogP contribution in [0.4, 0.5) is 0 Å². The van der Waals surface area contributed by atoms with Crippen molar-refractivity contribution < 1.29 is 76.9 Å². The lowest BCUT2D eigenvalue weighted by Gasteiger charge is -2.53. The second-order valence-corrected chi connectivity index (χ2v) is 24.6. The Bertz CT molecular complexity index is 2080. The largest absolute Gasteiger partial charge is 0.390 e. The highest BCUT2D eigenvalue weighted by molar-refractivity contribution is 5.14. The van der Waals surface area contributed by atoms with Crippen molar-refractivity contribution in [3.05, 3.63) is 48.6 Å². The van der Waals surface area contributed by atoms with Gasteiger partial charge in [-0.2, -0.15) is 0 Å². The highest BCUT2D eigenvalue weighted by Crippen LogP contribution is 2.52. The molecule has 13 aliphatic rings. The van der Waals surface area contributed by atoms with E-state index < -0.39 is 66.3 Å². The molecule has 0 bridgehead atoms. The molecule has 16 heteroatoms. The Hall–Kier alpha value is -1.68. The van der Waals surface area contributed by atoms with Crippen LogP contribution in [0.2, 0.25) is 0 Å². The minimum atomic E-state index is -0.998. The first-order valence-corrected chi connectivity index (χ1v) is 28.5. The predicted octanol–water partition coefficient (Wildman–Crippen LogP) is 5.11. The SMILES string of the molecule is C[C@@H]1C[C@@H]2O[C@@H]3[C@@H](C)[C@H](O)[C@@H]4OC5(CCCO5)[C@@H](C)[C@H](C)[C@H]4O[C@H]3C[C@H]2O[C@H]2C[C@H]3O[C@H]4C/C=C\C[C@H]5O[C@H]6C=C[C@H]7O[C@H]8[C@H](O)[C@H]9OCC=CC[C@@H]9O[C@@H]8C[C@@H]7O[C@@H]6C/C=C\[C@@H]5O[C@@H]4C[C@@H](O)[C@]3(C)O[C@@H]2C1. The Morgan fingerprint density at radius 3 is 1.92 bits per heavy atom. The summed E-state index contributed by atoms with van der Waals surface area (Å²) in [7, 11) is 0. The quantitative estimate of drug-likeness (QED) is 0.273. The molecule has 9 saturated heterocycles. The van der Waals surface area contributed by atoms with Crippen molar-refractivity contribution in [2.45, 2.75) is 270 Å². The zero-order valence-corrected chi connectivity index (χ0v) is 43.3. The monoisotopic (exact) mass is 1020 g/mol. The van der Waals surface area contributed by atoms with Gasteiger partial charge in [-0.3, -0.25) is 0 Å². The lowest BCUT2D eigenvalue weighted by atomic mass is 9.76. The van der Waals surface area contributed by atoms with Crippen molar-refractivity contribution in [2.24, 2.45) is 23.7 Å². The molecule has 3 N–H and O–H groups in total. The average molecular weight is 1020 g/mol. The van der Waals surface area contributed by atoms with Crippen LogP contribution < -0.4 is 0 Å². The number of fused-ring (bicyclic) bond motifs is 11. The van der Waals surface area contributed by atoms with Gasteiger partial charge in [-0.05, 0) is 63.7 Å². The van der Waals surface area contributed by atoms with E-state index in [1.54, 1.807) is 0 Å². The Morgan fingerprint density at radius 1 is 0.452 bits per heavy atom. The van der Waals surface area contributed by atoms with Crippen LogP contribution in [0.5, 0.6) is 0 Å². The summed E-state index contributed by atoms with van der Waals surface area (Å²) in [5, 5.41) is 35.9.